The van der Waals surface area contributed by atoms with Crippen LogP contribution in [0.2, 0.25) is 0 Å². The number of anilines is 1. The van der Waals surface area contributed by atoms with Crippen LogP contribution in [0.15, 0.2) is 34.9 Å². The topological polar surface area (TPSA) is 74.5 Å². The zero-order valence-corrected chi connectivity index (χ0v) is 18.9. The van der Waals surface area contributed by atoms with Gasteiger partial charge in [0.2, 0.25) is 5.91 Å². The lowest BCUT2D eigenvalue weighted by Gasteiger charge is -2.53. The molecular weight excluding hydrogens is 402 g/mol. The Morgan fingerprint density at radius 3 is 2.62 bits per heavy atom. The second kappa shape index (κ2) is 7.58. The average Bonchev–Trinajstić information content (AvgIpc) is 3.47. The van der Waals surface area contributed by atoms with E-state index in [4.69, 9.17) is 4.52 Å². The van der Waals surface area contributed by atoms with E-state index in [0.29, 0.717) is 29.7 Å². The van der Waals surface area contributed by atoms with Gasteiger partial charge in [0.15, 0.2) is 5.82 Å². The van der Waals surface area contributed by atoms with Crippen LogP contribution in [0, 0.1) is 17.8 Å². The second-order valence-corrected chi connectivity index (χ2v) is 10.7. The first-order valence-electron chi connectivity index (χ1n) is 12.2. The summed E-state index contributed by atoms with van der Waals surface area (Å²) in [5, 5.41) is 7.26. The number of likely N-dealkylation sites (tertiary alicyclic amines) is 1. The van der Waals surface area contributed by atoms with Gasteiger partial charge in [-0.25, -0.2) is 0 Å². The lowest BCUT2D eigenvalue weighted by atomic mass is 9.63. The predicted molar refractivity (Wildman–Crippen MR) is 121 cm³/mol. The Balaban J connectivity index is 1.05. The lowest BCUT2D eigenvalue weighted by Crippen LogP contribution is -2.56. The number of piperidine rings is 1. The van der Waals surface area contributed by atoms with Gasteiger partial charge in [-0.2, -0.15) is 4.98 Å². The quantitative estimate of drug-likeness (QED) is 0.796. The Labute approximate surface area is 189 Å². The van der Waals surface area contributed by atoms with Crippen molar-refractivity contribution in [3.8, 4) is 0 Å². The van der Waals surface area contributed by atoms with E-state index < -0.39 is 0 Å². The van der Waals surface area contributed by atoms with Crippen molar-refractivity contribution in [2.45, 2.75) is 64.0 Å². The maximum Gasteiger partial charge on any atom is 0.324 e. The second-order valence-electron chi connectivity index (χ2n) is 10.7. The molecule has 1 aliphatic carbocycles. The minimum Gasteiger partial charge on any atom is -0.352 e. The van der Waals surface area contributed by atoms with E-state index in [2.05, 4.69) is 55.6 Å². The zero-order valence-electron chi connectivity index (χ0n) is 18.9. The Morgan fingerprint density at radius 2 is 1.91 bits per heavy atom. The lowest BCUT2D eigenvalue weighted by molar-refractivity contribution is -0.120. The van der Waals surface area contributed by atoms with E-state index in [1.54, 1.807) is 0 Å². The molecule has 1 N–H and O–H groups in total. The first-order valence-corrected chi connectivity index (χ1v) is 12.2. The van der Waals surface area contributed by atoms with Gasteiger partial charge in [-0.15, -0.1) is 0 Å². The summed E-state index contributed by atoms with van der Waals surface area (Å²) in [5.74, 6) is 0.949. The van der Waals surface area contributed by atoms with Gasteiger partial charge in [0, 0.05) is 37.0 Å². The van der Waals surface area contributed by atoms with Crippen molar-refractivity contribution in [3.63, 3.8) is 0 Å². The maximum absolute atomic E-state index is 12.4. The van der Waals surface area contributed by atoms with Crippen LogP contribution in [0.25, 0.3) is 0 Å². The fraction of sp³-hybridized carbons (Fsp3) is 0.640. The molecule has 6 rings (SSSR count). The van der Waals surface area contributed by atoms with Crippen LogP contribution in [0.4, 0.5) is 6.01 Å². The van der Waals surface area contributed by atoms with Gasteiger partial charge < -0.3 is 19.6 Å². The van der Waals surface area contributed by atoms with Crippen molar-refractivity contribution in [2.75, 3.05) is 31.1 Å². The zero-order chi connectivity index (χ0) is 21.8. The number of hydrogen-bond donors (Lipinski definition) is 1. The molecular formula is C25H33N5O2. The summed E-state index contributed by atoms with van der Waals surface area (Å²) in [5.41, 5.74) is 1.87. The molecule has 4 fully saturated rings. The molecule has 0 bridgehead atoms. The molecule has 1 atom stereocenters. The van der Waals surface area contributed by atoms with E-state index >= 15 is 0 Å². The normalized spacial score (nSPS) is 31.9. The molecule has 3 saturated heterocycles. The van der Waals surface area contributed by atoms with Crippen molar-refractivity contribution >= 4 is 11.9 Å². The van der Waals surface area contributed by atoms with Crippen LogP contribution in [-0.2, 0) is 11.2 Å². The van der Waals surface area contributed by atoms with Gasteiger partial charge in [0.1, 0.15) is 0 Å². The summed E-state index contributed by atoms with van der Waals surface area (Å²) in [6.45, 7) is 6.17. The molecule has 7 heteroatoms. The number of hydrogen-bond acceptors (Lipinski definition) is 6. The molecule has 3 aliphatic heterocycles. The predicted octanol–water partition coefficient (Wildman–Crippen LogP) is 2.95. The van der Waals surface area contributed by atoms with Crippen LogP contribution < -0.4 is 10.2 Å². The molecule has 1 amide bonds. The molecule has 0 radical (unpaired) electrons. The number of aryl methyl sites for hydroxylation is 1. The van der Waals surface area contributed by atoms with Gasteiger partial charge >= 0.3 is 6.01 Å². The molecule has 7 nitrogen and oxygen atoms in total. The number of benzene rings is 1. The highest BCUT2D eigenvalue weighted by molar-refractivity contribution is 5.80. The van der Waals surface area contributed by atoms with Crippen molar-refractivity contribution in [1.82, 2.24) is 20.4 Å². The smallest absolute Gasteiger partial charge is 0.324 e. The Morgan fingerprint density at radius 1 is 1.12 bits per heavy atom. The number of nitrogens with one attached hydrogen (secondary N) is 1. The van der Waals surface area contributed by atoms with Gasteiger partial charge in [-0.05, 0) is 69.5 Å². The van der Waals surface area contributed by atoms with Crippen LogP contribution in [-0.4, -0.2) is 59.2 Å². The van der Waals surface area contributed by atoms with Crippen LogP contribution >= 0.6 is 0 Å². The summed E-state index contributed by atoms with van der Waals surface area (Å²) in [6, 6.07) is 12.3. The van der Waals surface area contributed by atoms with E-state index in [9.17, 15) is 4.79 Å². The number of carbonyl (C=O) groups excluding carboxylic acids is 1. The van der Waals surface area contributed by atoms with Crippen LogP contribution in [0.1, 0.15) is 49.9 Å². The van der Waals surface area contributed by atoms with E-state index in [0.717, 1.165) is 45.4 Å². The third kappa shape index (κ3) is 3.51. The number of rotatable bonds is 4. The first kappa shape index (κ1) is 20.2. The van der Waals surface area contributed by atoms with Crippen molar-refractivity contribution in [3.05, 3.63) is 41.7 Å². The molecule has 1 aromatic heterocycles. The van der Waals surface area contributed by atoms with Gasteiger partial charge in [0.05, 0.1) is 0 Å². The number of aromatic nitrogens is 2. The fourth-order valence-corrected chi connectivity index (χ4v) is 6.86. The molecule has 4 aliphatic rings. The summed E-state index contributed by atoms with van der Waals surface area (Å²) >= 11 is 0. The van der Waals surface area contributed by atoms with Crippen LogP contribution in [0.3, 0.4) is 0 Å². The SMILES string of the molecule is Cc1noc(N2CCC3(CC(N4CCC5(CC4)CC(=O)NC5Cc4ccccc4)C3)C2)n1. The number of nitrogens with zero attached hydrogens (tertiary/aromatic N) is 4. The summed E-state index contributed by atoms with van der Waals surface area (Å²) in [7, 11) is 0. The highest BCUT2D eigenvalue weighted by Crippen LogP contribution is 2.52. The van der Waals surface area contributed by atoms with Gasteiger partial charge in [-0.3, -0.25) is 4.79 Å². The molecule has 2 spiro atoms. The van der Waals surface area contributed by atoms with E-state index in [1.165, 1.54) is 24.8 Å². The molecule has 4 heterocycles. The van der Waals surface area contributed by atoms with Crippen molar-refractivity contribution in [1.29, 1.82) is 0 Å². The Bertz CT molecular complexity index is 975. The monoisotopic (exact) mass is 435 g/mol. The Kier molecular flexibility index (Phi) is 4.79. The van der Waals surface area contributed by atoms with Gasteiger partial charge in [0.25, 0.3) is 0 Å². The molecule has 2 aromatic rings. The largest absolute Gasteiger partial charge is 0.352 e. The highest BCUT2D eigenvalue weighted by Gasteiger charge is 2.53. The number of carbonyl (C=O) groups is 1. The fourth-order valence-electron chi connectivity index (χ4n) is 6.86. The minimum atomic E-state index is 0.130. The highest BCUT2D eigenvalue weighted by atomic mass is 16.5. The van der Waals surface area contributed by atoms with Crippen LogP contribution in [0.5, 0.6) is 0 Å². The van der Waals surface area contributed by atoms with Crippen molar-refractivity contribution < 1.29 is 9.32 Å². The molecule has 32 heavy (non-hydrogen) atoms. The first-order chi connectivity index (χ1) is 15.5. The standard InChI is InChI=1S/C25H33N5O2/c1-18-26-23(32-28-18)30-10-7-24(17-30)14-20(15-24)29-11-8-25(9-12-29)16-22(31)27-21(25)13-19-5-3-2-4-6-19/h2-6,20-21H,7-17H2,1H3,(H,27,31). The number of amides is 1. The summed E-state index contributed by atoms with van der Waals surface area (Å²) in [6.07, 6.45) is 7.67. The molecule has 170 valence electrons. The maximum atomic E-state index is 12.4. The minimum absolute atomic E-state index is 0.130. The Hall–Kier alpha value is -2.41. The van der Waals surface area contributed by atoms with Crippen molar-refractivity contribution in [2.24, 2.45) is 10.8 Å². The van der Waals surface area contributed by atoms with Gasteiger partial charge in [-0.1, -0.05) is 35.5 Å². The third-order valence-corrected chi connectivity index (χ3v) is 8.74. The average molecular weight is 436 g/mol. The third-order valence-electron chi connectivity index (χ3n) is 8.74. The van der Waals surface area contributed by atoms with E-state index in [-0.39, 0.29) is 17.4 Å². The van der Waals surface area contributed by atoms with E-state index in [1.807, 2.05) is 6.92 Å². The molecule has 1 saturated carbocycles. The summed E-state index contributed by atoms with van der Waals surface area (Å²) < 4.78 is 5.39. The molecule has 1 unspecified atom stereocenters. The molecule has 1 aromatic carbocycles. The summed E-state index contributed by atoms with van der Waals surface area (Å²) in [4.78, 5) is 21.8.